The molecule has 0 aromatic rings. The van der Waals surface area contributed by atoms with Crippen LogP contribution in [0.3, 0.4) is 0 Å². The Bertz CT molecular complexity index is 189. The number of nitrogens with one attached hydrogen (secondary N) is 1. The van der Waals surface area contributed by atoms with E-state index >= 15 is 0 Å². The molecule has 0 amide bonds. The second-order valence-corrected chi connectivity index (χ2v) is 4.98. The van der Waals surface area contributed by atoms with E-state index in [1.165, 1.54) is 6.26 Å². The highest BCUT2D eigenvalue weighted by Gasteiger charge is 2.02. The fraction of sp³-hybridized carbons (Fsp3) is 1.00. The molecule has 0 aromatic carbocycles. The summed E-state index contributed by atoms with van der Waals surface area (Å²) in [5, 5.41) is 2.98. The normalized spacial score (nSPS) is 14.8. The van der Waals surface area contributed by atoms with Gasteiger partial charge in [0.25, 0.3) is 0 Å². The molecule has 0 unspecified atom stereocenters. The van der Waals surface area contributed by atoms with Gasteiger partial charge in [-0.1, -0.05) is 0 Å². The van der Waals surface area contributed by atoms with Crippen LogP contribution in [0.5, 0.6) is 0 Å². The molecular weight excluding hydrogens is 164 g/mol. The molecule has 0 heterocycles. The molecule has 0 saturated heterocycles. The van der Waals surface area contributed by atoms with Crippen molar-refractivity contribution in [2.45, 2.75) is 13.0 Å². The lowest BCUT2D eigenvalue weighted by Crippen LogP contribution is -2.36. The number of rotatable bonds is 5. The van der Waals surface area contributed by atoms with Crippen molar-refractivity contribution in [2.75, 3.05) is 25.1 Å². The maximum atomic E-state index is 10.6. The van der Waals surface area contributed by atoms with Gasteiger partial charge in [0.15, 0.2) is 0 Å². The van der Waals surface area contributed by atoms with E-state index in [-0.39, 0.29) is 11.8 Å². The summed E-state index contributed by atoms with van der Waals surface area (Å²) >= 11 is 0. The molecule has 5 heteroatoms. The SMILES string of the molecule is C[C@@H](CN)NCCS(C)(=O)=O. The minimum absolute atomic E-state index is 0.178. The molecule has 0 aliphatic heterocycles. The van der Waals surface area contributed by atoms with Crippen molar-refractivity contribution in [2.24, 2.45) is 5.73 Å². The quantitative estimate of drug-likeness (QED) is 0.567. The highest BCUT2D eigenvalue weighted by Crippen LogP contribution is 1.81. The largest absolute Gasteiger partial charge is 0.329 e. The summed E-state index contributed by atoms with van der Waals surface area (Å²) in [6.45, 7) is 2.93. The minimum atomic E-state index is -2.83. The summed E-state index contributed by atoms with van der Waals surface area (Å²) in [6, 6.07) is 0.191. The predicted octanol–water partition coefficient (Wildman–Crippen LogP) is -1.03. The Kier molecular flexibility index (Phi) is 4.63. The Morgan fingerprint density at radius 3 is 2.45 bits per heavy atom. The fourth-order valence-corrected chi connectivity index (χ4v) is 1.06. The zero-order valence-corrected chi connectivity index (χ0v) is 7.82. The smallest absolute Gasteiger partial charge is 0.148 e. The van der Waals surface area contributed by atoms with Gasteiger partial charge < -0.3 is 11.1 Å². The first-order valence-electron chi connectivity index (χ1n) is 3.57. The third kappa shape index (κ3) is 7.77. The van der Waals surface area contributed by atoms with Crippen LogP contribution in [0.4, 0.5) is 0 Å². The van der Waals surface area contributed by atoms with Crippen LogP contribution in [-0.2, 0) is 9.84 Å². The highest BCUT2D eigenvalue weighted by molar-refractivity contribution is 7.90. The molecule has 11 heavy (non-hydrogen) atoms. The Hall–Kier alpha value is -0.130. The van der Waals surface area contributed by atoms with Crippen LogP contribution in [0, 0.1) is 0 Å². The Balaban J connectivity index is 3.43. The first-order valence-corrected chi connectivity index (χ1v) is 5.63. The molecule has 0 rings (SSSR count). The molecule has 0 spiro atoms. The first kappa shape index (κ1) is 10.9. The predicted molar refractivity (Wildman–Crippen MR) is 46.2 cm³/mol. The topological polar surface area (TPSA) is 72.2 Å². The first-order chi connectivity index (χ1) is 4.95. The molecule has 0 aliphatic carbocycles. The molecule has 0 saturated carbocycles. The van der Waals surface area contributed by atoms with Gasteiger partial charge in [0.1, 0.15) is 9.84 Å². The van der Waals surface area contributed by atoms with Crippen LogP contribution < -0.4 is 11.1 Å². The third-order valence-corrected chi connectivity index (χ3v) is 2.26. The van der Waals surface area contributed by atoms with Gasteiger partial charge in [0, 0.05) is 25.4 Å². The van der Waals surface area contributed by atoms with Gasteiger partial charge in [-0.05, 0) is 6.92 Å². The monoisotopic (exact) mass is 180 g/mol. The van der Waals surface area contributed by atoms with Crippen LogP contribution in [-0.4, -0.2) is 39.6 Å². The van der Waals surface area contributed by atoms with Crippen LogP contribution >= 0.6 is 0 Å². The summed E-state index contributed by atoms with van der Waals surface area (Å²) in [4.78, 5) is 0. The van der Waals surface area contributed by atoms with Crippen molar-refractivity contribution >= 4 is 9.84 Å². The van der Waals surface area contributed by atoms with Gasteiger partial charge >= 0.3 is 0 Å². The Morgan fingerprint density at radius 1 is 1.55 bits per heavy atom. The molecule has 0 aliphatic rings. The van der Waals surface area contributed by atoms with Gasteiger partial charge in [0.2, 0.25) is 0 Å². The van der Waals surface area contributed by atoms with Gasteiger partial charge in [0.05, 0.1) is 5.75 Å². The number of sulfone groups is 1. The minimum Gasteiger partial charge on any atom is -0.329 e. The van der Waals surface area contributed by atoms with Crippen molar-refractivity contribution in [3.8, 4) is 0 Å². The van der Waals surface area contributed by atoms with E-state index in [9.17, 15) is 8.42 Å². The summed E-state index contributed by atoms with van der Waals surface area (Å²) in [7, 11) is -2.83. The number of hydrogen-bond acceptors (Lipinski definition) is 4. The molecule has 3 N–H and O–H groups in total. The molecule has 0 bridgehead atoms. The van der Waals surface area contributed by atoms with Crippen LogP contribution in [0.15, 0.2) is 0 Å². The second kappa shape index (κ2) is 4.69. The molecule has 68 valence electrons. The maximum Gasteiger partial charge on any atom is 0.148 e. The van der Waals surface area contributed by atoms with E-state index in [0.29, 0.717) is 13.1 Å². The van der Waals surface area contributed by atoms with Crippen molar-refractivity contribution in [3.63, 3.8) is 0 Å². The average molecular weight is 180 g/mol. The molecule has 0 radical (unpaired) electrons. The maximum absolute atomic E-state index is 10.6. The lowest BCUT2D eigenvalue weighted by atomic mass is 10.3. The van der Waals surface area contributed by atoms with Crippen molar-refractivity contribution in [1.82, 2.24) is 5.32 Å². The van der Waals surface area contributed by atoms with E-state index in [1.807, 2.05) is 6.92 Å². The molecule has 1 atom stereocenters. The zero-order valence-electron chi connectivity index (χ0n) is 7.00. The van der Waals surface area contributed by atoms with Crippen LogP contribution in [0.2, 0.25) is 0 Å². The van der Waals surface area contributed by atoms with Crippen molar-refractivity contribution < 1.29 is 8.42 Å². The second-order valence-electron chi connectivity index (χ2n) is 2.72. The van der Waals surface area contributed by atoms with E-state index < -0.39 is 9.84 Å². The Morgan fingerprint density at radius 2 is 2.09 bits per heavy atom. The fourth-order valence-electron chi connectivity index (χ4n) is 0.574. The van der Waals surface area contributed by atoms with Gasteiger partial charge in [-0.3, -0.25) is 0 Å². The molecular formula is C6H16N2O2S. The van der Waals surface area contributed by atoms with Crippen molar-refractivity contribution in [1.29, 1.82) is 0 Å². The van der Waals surface area contributed by atoms with E-state index in [1.54, 1.807) is 0 Å². The van der Waals surface area contributed by atoms with Gasteiger partial charge in [-0.15, -0.1) is 0 Å². The van der Waals surface area contributed by atoms with E-state index in [4.69, 9.17) is 5.73 Å². The lowest BCUT2D eigenvalue weighted by Gasteiger charge is -2.09. The number of hydrogen-bond donors (Lipinski definition) is 2. The highest BCUT2D eigenvalue weighted by atomic mass is 32.2. The molecule has 0 fully saturated rings. The van der Waals surface area contributed by atoms with Gasteiger partial charge in [-0.2, -0.15) is 0 Å². The van der Waals surface area contributed by atoms with E-state index in [2.05, 4.69) is 5.32 Å². The third-order valence-electron chi connectivity index (χ3n) is 1.32. The molecule has 0 aromatic heterocycles. The summed E-state index contributed by atoms with van der Waals surface area (Å²) in [6.07, 6.45) is 1.22. The molecule has 4 nitrogen and oxygen atoms in total. The lowest BCUT2D eigenvalue weighted by molar-refractivity contribution is 0.564. The van der Waals surface area contributed by atoms with Crippen LogP contribution in [0.1, 0.15) is 6.92 Å². The average Bonchev–Trinajstić information content (AvgIpc) is 1.85. The Labute approximate surface area is 68.1 Å². The van der Waals surface area contributed by atoms with Gasteiger partial charge in [-0.25, -0.2) is 8.42 Å². The zero-order chi connectivity index (χ0) is 8.91. The summed E-state index contributed by atoms with van der Waals surface area (Å²) in [5.74, 6) is 0.178. The summed E-state index contributed by atoms with van der Waals surface area (Å²) < 4.78 is 21.3. The van der Waals surface area contributed by atoms with Crippen molar-refractivity contribution in [3.05, 3.63) is 0 Å². The van der Waals surface area contributed by atoms with Crippen LogP contribution in [0.25, 0.3) is 0 Å². The summed E-state index contributed by atoms with van der Waals surface area (Å²) in [5.41, 5.74) is 5.31. The number of nitrogens with two attached hydrogens (primary N) is 1. The standard InChI is InChI=1S/C6H16N2O2S/c1-6(5-7)8-3-4-11(2,9)10/h6,8H,3-5,7H2,1-2H3/t6-/m0/s1. The van der Waals surface area contributed by atoms with E-state index in [0.717, 1.165) is 0 Å².